The van der Waals surface area contributed by atoms with E-state index in [9.17, 15) is 18.3 Å². The summed E-state index contributed by atoms with van der Waals surface area (Å²) in [6.07, 6.45) is -5.37. The number of aliphatic hydroxyl groups is 1. The second-order valence-electron chi connectivity index (χ2n) is 4.50. The van der Waals surface area contributed by atoms with Crippen molar-refractivity contribution in [2.45, 2.75) is 38.1 Å². The summed E-state index contributed by atoms with van der Waals surface area (Å²) in [5.41, 5.74) is 0.912. The predicted molar refractivity (Wildman–Crippen MR) is 69.3 cm³/mol. The normalized spacial score (nSPS) is 15.3. The first-order valence-corrected chi connectivity index (χ1v) is 6.38. The van der Waals surface area contributed by atoms with Crippen LogP contribution in [0.5, 0.6) is 0 Å². The van der Waals surface area contributed by atoms with E-state index in [0.717, 1.165) is 5.56 Å². The van der Waals surface area contributed by atoms with Gasteiger partial charge in [0.2, 0.25) is 0 Å². The van der Waals surface area contributed by atoms with Crippen LogP contribution in [0.1, 0.15) is 18.9 Å². The highest BCUT2D eigenvalue weighted by atomic mass is 35.5. The van der Waals surface area contributed by atoms with E-state index >= 15 is 0 Å². The molecule has 0 radical (unpaired) electrons. The Morgan fingerprint density at radius 3 is 2.32 bits per heavy atom. The molecular weight excluding hydrogens is 279 g/mol. The van der Waals surface area contributed by atoms with E-state index in [1.54, 1.807) is 31.2 Å². The highest BCUT2D eigenvalue weighted by Gasteiger charge is 2.27. The maximum absolute atomic E-state index is 12.1. The van der Waals surface area contributed by atoms with Gasteiger partial charge in [-0.3, -0.25) is 0 Å². The van der Waals surface area contributed by atoms with E-state index in [1.807, 2.05) is 0 Å². The molecule has 2 atom stereocenters. The third-order valence-corrected chi connectivity index (χ3v) is 3.02. The van der Waals surface area contributed by atoms with Crippen molar-refractivity contribution in [2.75, 3.05) is 6.54 Å². The van der Waals surface area contributed by atoms with Crippen LogP contribution in [0.25, 0.3) is 0 Å². The second kappa shape index (κ2) is 7.12. The Bertz CT molecular complexity index is 378. The van der Waals surface area contributed by atoms with Gasteiger partial charge in [0, 0.05) is 17.6 Å². The van der Waals surface area contributed by atoms with E-state index in [-0.39, 0.29) is 6.54 Å². The summed E-state index contributed by atoms with van der Waals surface area (Å²) in [4.78, 5) is 0. The average Bonchev–Trinajstić information content (AvgIpc) is 2.28. The molecule has 0 saturated heterocycles. The first-order valence-electron chi connectivity index (χ1n) is 6.00. The van der Waals surface area contributed by atoms with Crippen LogP contribution in [0.3, 0.4) is 0 Å². The largest absolute Gasteiger partial charge is 0.392 e. The van der Waals surface area contributed by atoms with Gasteiger partial charge in [0.05, 0.1) is 12.5 Å². The number of alkyl halides is 3. The van der Waals surface area contributed by atoms with Crippen LogP contribution < -0.4 is 5.32 Å². The molecule has 0 aliphatic carbocycles. The van der Waals surface area contributed by atoms with Gasteiger partial charge in [-0.15, -0.1) is 0 Å². The molecule has 19 heavy (non-hydrogen) atoms. The Morgan fingerprint density at radius 1 is 1.26 bits per heavy atom. The molecule has 1 aromatic rings. The van der Waals surface area contributed by atoms with E-state index in [4.69, 9.17) is 11.6 Å². The van der Waals surface area contributed by atoms with Gasteiger partial charge >= 0.3 is 6.18 Å². The molecule has 2 nitrogen and oxygen atoms in total. The molecule has 1 rings (SSSR count). The fraction of sp³-hybridized carbons (Fsp3) is 0.538. The summed E-state index contributed by atoms with van der Waals surface area (Å²) in [6.45, 7) is 1.35. The highest BCUT2D eigenvalue weighted by molar-refractivity contribution is 6.30. The van der Waals surface area contributed by atoms with Gasteiger partial charge in [-0.25, -0.2) is 0 Å². The summed E-state index contributed by atoms with van der Waals surface area (Å²) in [7, 11) is 0. The van der Waals surface area contributed by atoms with Crippen molar-refractivity contribution in [3.63, 3.8) is 0 Å². The molecule has 0 bridgehead atoms. The van der Waals surface area contributed by atoms with Crippen molar-refractivity contribution in [1.82, 2.24) is 5.32 Å². The van der Waals surface area contributed by atoms with Crippen LogP contribution in [-0.4, -0.2) is 30.0 Å². The first kappa shape index (κ1) is 16.3. The number of nitrogens with one attached hydrogen (secondary N) is 1. The topological polar surface area (TPSA) is 32.3 Å². The zero-order chi connectivity index (χ0) is 14.5. The smallest absolute Gasteiger partial charge is 0.390 e. The SMILES string of the molecule is CC(O)[C@@H](Cc1ccc(Cl)cc1)NCCC(F)(F)F. The van der Waals surface area contributed by atoms with E-state index < -0.39 is 24.7 Å². The van der Waals surface area contributed by atoms with Crippen LogP contribution in [0.2, 0.25) is 5.02 Å². The molecule has 0 saturated carbocycles. The standard InChI is InChI=1S/C13H17ClF3NO/c1-9(19)12(18-7-6-13(15,16)17)8-10-2-4-11(14)5-3-10/h2-5,9,12,18-19H,6-8H2,1H3/t9?,12-/m1/s1. The predicted octanol–water partition coefficient (Wildman–Crippen LogP) is 3.17. The maximum atomic E-state index is 12.1. The van der Waals surface area contributed by atoms with Crippen molar-refractivity contribution in [1.29, 1.82) is 0 Å². The zero-order valence-electron chi connectivity index (χ0n) is 10.5. The van der Waals surface area contributed by atoms with Crippen molar-refractivity contribution in [3.8, 4) is 0 Å². The third kappa shape index (κ3) is 6.80. The number of aliphatic hydroxyl groups excluding tert-OH is 1. The molecule has 1 unspecified atom stereocenters. The quantitative estimate of drug-likeness (QED) is 0.845. The lowest BCUT2D eigenvalue weighted by molar-refractivity contribution is -0.134. The number of halogens is 4. The summed E-state index contributed by atoms with van der Waals surface area (Å²) in [5, 5.41) is 12.9. The number of hydrogen-bond donors (Lipinski definition) is 2. The first-order chi connectivity index (χ1) is 8.78. The van der Waals surface area contributed by atoms with Gasteiger partial charge in [-0.05, 0) is 31.0 Å². The van der Waals surface area contributed by atoms with Crippen LogP contribution >= 0.6 is 11.6 Å². The molecule has 0 aliphatic rings. The molecule has 0 spiro atoms. The van der Waals surface area contributed by atoms with Crippen molar-refractivity contribution >= 4 is 11.6 Å². The lowest BCUT2D eigenvalue weighted by Crippen LogP contribution is -2.41. The molecule has 108 valence electrons. The molecule has 6 heteroatoms. The number of benzene rings is 1. The van der Waals surface area contributed by atoms with Gasteiger partial charge < -0.3 is 10.4 Å². The monoisotopic (exact) mass is 295 g/mol. The molecule has 2 N–H and O–H groups in total. The average molecular weight is 296 g/mol. The Hall–Kier alpha value is -0.780. The summed E-state index contributed by atoms with van der Waals surface area (Å²) in [6, 6.07) is 6.60. The van der Waals surface area contributed by atoms with Crippen LogP contribution in [0, 0.1) is 0 Å². The molecule has 1 aromatic carbocycles. The van der Waals surface area contributed by atoms with Crippen molar-refractivity contribution in [2.24, 2.45) is 0 Å². The zero-order valence-corrected chi connectivity index (χ0v) is 11.3. The van der Waals surface area contributed by atoms with Gasteiger partial charge in [0.1, 0.15) is 0 Å². The van der Waals surface area contributed by atoms with Gasteiger partial charge in [-0.2, -0.15) is 13.2 Å². The minimum atomic E-state index is -4.18. The van der Waals surface area contributed by atoms with E-state index in [1.165, 1.54) is 0 Å². The summed E-state index contributed by atoms with van der Waals surface area (Å²) in [5.74, 6) is 0. The molecule has 0 aliphatic heterocycles. The summed E-state index contributed by atoms with van der Waals surface area (Å²) < 4.78 is 36.2. The Balaban J connectivity index is 2.51. The lowest BCUT2D eigenvalue weighted by Gasteiger charge is -2.22. The molecule has 0 aromatic heterocycles. The second-order valence-corrected chi connectivity index (χ2v) is 4.93. The van der Waals surface area contributed by atoms with Crippen LogP contribution in [0.4, 0.5) is 13.2 Å². The van der Waals surface area contributed by atoms with Gasteiger partial charge in [-0.1, -0.05) is 23.7 Å². The minimum Gasteiger partial charge on any atom is -0.392 e. The highest BCUT2D eigenvalue weighted by Crippen LogP contribution is 2.18. The summed E-state index contributed by atoms with van der Waals surface area (Å²) >= 11 is 5.75. The van der Waals surface area contributed by atoms with Crippen molar-refractivity contribution in [3.05, 3.63) is 34.9 Å². The lowest BCUT2D eigenvalue weighted by atomic mass is 10.0. The molecular formula is C13H17ClF3NO. The van der Waals surface area contributed by atoms with Gasteiger partial charge in [0.15, 0.2) is 0 Å². The molecule has 0 heterocycles. The fourth-order valence-electron chi connectivity index (χ4n) is 1.69. The van der Waals surface area contributed by atoms with Gasteiger partial charge in [0.25, 0.3) is 0 Å². The third-order valence-electron chi connectivity index (χ3n) is 2.77. The minimum absolute atomic E-state index is 0.202. The molecule has 0 fully saturated rings. The van der Waals surface area contributed by atoms with E-state index in [0.29, 0.717) is 11.4 Å². The molecule has 0 amide bonds. The Morgan fingerprint density at radius 2 is 1.84 bits per heavy atom. The number of hydrogen-bond acceptors (Lipinski definition) is 2. The fourth-order valence-corrected chi connectivity index (χ4v) is 1.81. The van der Waals surface area contributed by atoms with Crippen molar-refractivity contribution < 1.29 is 18.3 Å². The van der Waals surface area contributed by atoms with E-state index in [2.05, 4.69) is 5.32 Å². The maximum Gasteiger partial charge on any atom is 0.390 e. The Kier molecular flexibility index (Phi) is 6.10. The van der Waals surface area contributed by atoms with Crippen LogP contribution in [0.15, 0.2) is 24.3 Å². The number of rotatable bonds is 6. The Labute approximate surface area is 115 Å². The van der Waals surface area contributed by atoms with Crippen LogP contribution in [-0.2, 0) is 6.42 Å².